The van der Waals surface area contributed by atoms with Gasteiger partial charge in [-0.15, -0.1) is 0 Å². The third-order valence-corrected chi connectivity index (χ3v) is 4.02. The van der Waals surface area contributed by atoms with Crippen LogP contribution in [0.25, 0.3) is 11.4 Å². The number of ether oxygens (including phenoxy) is 1. The molecule has 1 amide bonds. The fourth-order valence-corrected chi connectivity index (χ4v) is 2.71. The maximum absolute atomic E-state index is 12.5. The molecule has 0 spiro atoms. The Kier molecular flexibility index (Phi) is 6.79. The summed E-state index contributed by atoms with van der Waals surface area (Å²) < 4.78 is 5.68. The van der Waals surface area contributed by atoms with Crippen LogP contribution in [0.2, 0.25) is 0 Å². The minimum atomic E-state index is -0.213. The van der Waals surface area contributed by atoms with Crippen LogP contribution >= 0.6 is 0 Å². The van der Waals surface area contributed by atoms with Crippen LogP contribution in [-0.2, 0) is 0 Å². The fraction of sp³-hybridized carbons (Fsp3) is 0.261. The largest absolute Gasteiger partial charge is 0.491 e. The van der Waals surface area contributed by atoms with Gasteiger partial charge >= 0.3 is 0 Å². The van der Waals surface area contributed by atoms with Crippen LogP contribution in [0.15, 0.2) is 60.7 Å². The summed E-state index contributed by atoms with van der Waals surface area (Å²) in [4.78, 5) is 21.6. The lowest BCUT2D eigenvalue weighted by molar-refractivity contribution is 0.0948. The zero-order valence-corrected chi connectivity index (χ0v) is 17.0. The highest BCUT2D eigenvalue weighted by Gasteiger charge is 2.13. The predicted molar refractivity (Wildman–Crippen MR) is 116 cm³/mol. The van der Waals surface area contributed by atoms with Gasteiger partial charge in [0.25, 0.3) is 5.91 Å². The van der Waals surface area contributed by atoms with Gasteiger partial charge in [-0.2, -0.15) is 0 Å². The zero-order chi connectivity index (χ0) is 20.6. The van der Waals surface area contributed by atoms with E-state index in [1.54, 1.807) is 6.07 Å². The van der Waals surface area contributed by atoms with Crippen LogP contribution in [0.5, 0.6) is 5.75 Å². The van der Waals surface area contributed by atoms with Crippen LogP contribution in [0, 0.1) is 0 Å². The molecule has 0 aliphatic heterocycles. The topological polar surface area (TPSA) is 76.1 Å². The fourth-order valence-electron chi connectivity index (χ4n) is 2.71. The molecule has 0 saturated heterocycles. The van der Waals surface area contributed by atoms with Crippen molar-refractivity contribution < 1.29 is 9.53 Å². The molecule has 0 aliphatic carbocycles. The molecule has 0 fully saturated rings. The molecule has 0 saturated carbocycles. The average molecular weight is 390 g/mol. The Bertz CT molecular complexity index is 941. The number of benzene rings is 2. The number of aromatic nitrogens is 2. The third-order valence-electron chi connectivity index (χ3n) is 4.02. The number of carbonyl (C=O) groups is 1. The number of anilines is 2. The lowest BCUT2D eigenvalue weighted by Crippen LogP contribution is -2.25. The standard InChI is InChI=1S/C23H26N4O2/c1-4-14-24-23(28)20-15-21(27-22(26-20)17-8-6-5-7-9-17)25-18-10-12-19(13-11-18)29-16(2)3/h5-13,15-16H,4,14H2,1-3H3,(H,24,28)(H,25,26,27). The molecule has 0 radical (unpaired) electrons. The summed E-state index contributed by atoms with van der Waals surface area (Å²) >= 11 is 0. The molecule has 2 N–H and O–H groups in total. The van der Waals surface area contributed by atoms with Gasteiger partial charge in [-0.25, -0.2) is 9.97 Å². The van der Waals surface area contributed by atoms with Gasteiger partial charge in [0.05, 0.1) is 6.10 Å². The second-order valence-corrected chi connectivity index (χ2v) is 6.90. The first-order valence-corrected chi connectivity index (χ1v) is 9.81. The summed E-state index contributed by atoms with van der Waals surface area (Å²) in [6.07, 6.45) is 0.978. The van der Waals surface area contributed by atoms with E-state index in [1.165, 1.54) is 0 Å². The highest BCUT2D eigenvalue weighted by molar-refractivity contribution is 5.93. The van der Waals surface area contributed by atoms with E-state index < -0.39 is 0 Å². The first kappa shape index (κ1) is 20.3. The number of nitrogens with zero attached hydrogens (tertiary/aromatic N) is 2. The lowest BCUT2D eigenvalue weighted by atomic mass is 10.2. The summed E-state index contributed by atoms with van der Waals surface area (Å²) in [7, 11) is 0. The molecule has 6 nitrogen and oxygen atoms in total. The van der Waals surface area contributed by atoms with E-state index in [0.717, 1.165) is 23.4 Å². The van der Waals surface area contributed by atoms with E-state index in [4.69, 9.17) is 4.74 Å². The first-order chi connectivity index (χ1) is 14.0. The Morgan fingerprint density at radius 3 is 2.41 bits per heavy atom. The Hall–Kier alpha value is -3.41. The second-order valence-electron chi connectivity index (χ2n) is 6.90. The summed E-state index contributed by atoms with van der Waals surface area (Å²) in [6.45, 7) is 6.59. The molecule has 29 heavy (non-hydrogen) atoms. The van der Waals surface area contributed by atoms with Crippen molar-refractivity contribution in [3.8, 4) is 17.1 Å². The van der Waals surface area contributed by atoms with E-state index in [-0.39, 0.29) is 12.0 Å². The van der Waals surface area contributed by atoms with Crippen LogP contribution < -0.4 is 15.4 Å². The van der Waals surface area contributed by atoms with Gasteiger partial charge in [0.2, 0.25) is 0 Å². The van der Waals surface area contributed by atoms with E-state index in [0.29, 0.717) is 23.9 Å². The van der Waals surface area contributed by atoms with Gasteiger partial charge in [-0.3, -0.25) is 4.79 Å². The number of amides is 1. The molecule has 3 aromatic rings. The summed E-state index contributed by atoms with van der Waals surface area (Å²) in [5.74, 6) is 1.64. The minimum Gasteiger partial charge on any atom is -0.491 e. The van der Waals surface area contributed by atoms with Crippen LogP contribution in [0.4, 0.5) is 11.5 Å². The molecule has 6 heteroatoms. The number of hydrogen-bond acceptors (Lipinski definition) is 5. The molecular weight excluding hydrogens is 364 g/mol. The van der Waals surface area contributed by atoms with E-state index in [1.807, 2.05) is 75.4 Å². The molecule has 3 rings (SSSR count). The van der Waals surface area contributed by atoms with Crippen molar-refractivity contribution in [1.29, 1.82) is 0 Å². The normalized spacial score (nSPS) is 10.6. The zero-order valence-electron chi connectivity index (χ0n) is 17.0. The Balaban J connectivity index is 1.89. The van der Waals surface area contributed by atoms with Gasteiger partial charge < -0.3 is 15.4 Å². The summed E-state index contributed by atoms with van der Waals surface area (Å²) in [5, 5.41) is 6.13. The number of hydrogen-bond donors (Lipinski definition) is 2. The van der Waals surface area contributed by atoms with Crippen molar-refractivity contribution in [2.75, 3.05) is 11.9 Å². The van der Waals surface area contributed by atoms with Gasteiger partial charge in [-0.05, 0) is 44.5 Å². The number of nitrogens with one attached hydrogen (secondary N) is 2. The quantitative estimate of drug-likeness (QED) is 0.577. The Morgan fingerprint density at radius 1 is 1.03 bits per heavy atom. The van der Waals surface area contributed by atoms with Crippen molar-refractivity contribution in [2.24, 2.45) is 0 Å². The maximum atomic E-state index is 12.5. The van der Waals surface area contributed by atoms with Crippen LogP contribution in [-0.4, -0.2) is 28.5 Å². The van der Waals surface area contributed by atoms with Crippen LogP contribution in [0.3, 0.4) is 0 Å². The lowest BCUT2D eigenvalue weighted by Gasteiger charge is -2.12. The maximum Gasteiger partial charge on any atom is 0.270 e. The molecular formula is C23H26N4O2. The Morgan fingerprint density at radius 2 is 1.76 bits per heavy atom. The molecule has 150 valence electrons. The van der Waals surface area contributed by atoms with Gasteiger partial charge in [0.1, 0.15) is 17.3 Å². The SMILES string of the molecule is CCCNC(=O)c1cc(Nc2ccc(OC(C)C)cc2)nc(-c2ccccc2)n1. The molecule has 0 bridgehead atoms. The van der Waals surface area contributed by atoms with Gasteiger partial charge in [0.15, 0.2) is 5.82 Å². The van der Waals surface area contributed by atoms with Crippen molar-refractivity contribution in [2.45, 2.75) is 33.3 Å². The summed E-state index contributed by atoms with van der Waals surface area (Å²) in [6, 6.07) is 18.9. The van der Waals surface area contributed by atoms with E-state index in [9.17, 15) is 4.79 Å². The minimum absolute atomic E-state index is 0.119. The highest BCUT2D eigenvalue weighted by Crippen LogP contribution is 2.23. The predicted octanol–water partition coefficient (Wildman–Crippen LogP) is 4.81. The monoisotopic (exact) mass is 390 g/mol. The van der Waals surface area contributed by atoms with Crippen molar-refractivity contribution in [3.05, 3.63) is 66.4 Å². The molecule has 0 atom stereocenters. The highest BCUT2D eigenvalue weighted by atomic mass is 16.5. The molecule has 1 heterocycles. The van der Waals surface area contributed by atoms with Gasteiger partial charge in [-0.1, -0.05) is 37.3 Å². The molecule has 2 aromatic carbocycles. The van der Waals surface area contributed by atoms with Crippen molar-refractivity contribution in [1.82, 2.24) is 15.3 Å². The Labute approximate surface area is 171 Å². The van der Waals surface area contributed by atoms with Crippen molar-refractivity contribution >= 4 is 17.4 Å². The number of carbonyl (C=O) groups excluding carboxylic acids is 1. The van der Waals surface area contributed by atoms with Crippen LogP contribution in [0.1, 0.15) is 37.7 Å². The summed E-state index contributed by atoms with van der Waals surface area (Å²) in [5.41, 5.74) is 2.02. The van der Waals surface area contributed by atoms with Crippen molar-refractivity contribution in [3.63, 3.8) is 0 Å². The van der Waals surface area contributed by atoms with Gasteiger partial charge in [0, 0.05) is 23.9 Å². The molecule has 0 unspecified atom stereocenters. The number of rotatable bonds is 8. The second kappa shape index (κ2) is 9.68. The van der Waals surface area contributed by atoms with E-state index in [2.05, 4.69) is 20.6 Å². The molecule has 1 aromatic heterocycles. The third kappa shape index (κ3) is 5.78. The molecule has 0 aliphatic rings. The average Bonchev–Trinajstić information content (AvgIpc) is 2.73. The smallest absolute Gasteiger partial charge is 0.270 e. The van der Waals surface area contributed by atoms with E-state index >= 15 is 0 Å². The first-order valence-electron chi connectivity index (χ1n) is 9.81.